The summed E-state index contributed by atoms with van der Waals surface area (Å²) in [5.41, 5.74) is 1.24. The van der Waals surface area contributed by atoms with E-state index >= 15 is 0 Å². The minimum Gasteiger partial charge on any atom is -0.312 e. The summed E-state index contributed by atoms with van der Waals surface area (Å²) in [4.78, 5) is 27.1. The molecule has 3 aromatic rings. The van der Waals surface area contributed by atoms with E-state index in [0.717, 1.165) is 5.56 Å². The molecule has 7 nitrogen and oxygen atoms in total. The third-order valence-electron chi connectivity index (χ3n) is 4.76. The molecule has 1 atom stereocenters. The van der Waals surface area contributed by atoms with Crippen molar-refractivity contribution in [1.29, 1.82) is 0 Å². The SMILES string of the molecule is O=C(Nc1nnc(-c2ccc(Cl)cc2)s1)C1CCCN1C(=O)Nc1cccc(Cl)c1Cl. The molecule has 1 saturated heterocycles. The second kappa shape index (κ2) is 9.40. The molecule has 0 saturated carbocycles. The Hall–Kier alpha value is -2.39. The smallest absolute Gasteiger partial charge is 0.312 e. The zero-order chi connectivity index (χ0) is 22.0. The average molecular weight is 497 g/mol. The van der Waals surface area contributed by atoms with E-state index in [9.17, 15) is 9.59 Å². The number of nitrogens with one attached hydrogen (secondary N) is 2. The summed E-state index contributed by atoms with van der Waals surface area (Å²) in [5.74, 6) is -0.316. The van der Waals surface area contributed by atoms with Crippen LogP contribution in [0.25, 0.3) is 10.6 Å². The number of nitrogens with zero attached hydrogens (tertiary/aromatic N) is 3. The molecule has 11 heteroatoms. The Morgan fingerprint density at radius 1 is 1.03 bits per heavy atom. The van der Waals surface area contributed by atoms with E-state index in [-0.39, 0.29) is 10.9 Å². The number of benzene rings is 2. The number of aromatic nitrogens is 2. The summed E-state index contributed by atoms with van der Waals surface area (Å²) >= 11 is 19.3. The first-order valence-electron chi connectivity index (χ1n) is 9.34. The highest BCUT2D eigenvalue weighted by Gasteiger charge is 2.35. The molecule has 3 amide bonds. The largest absolute Gasteiger partial charge is 0.322 e. The first-order chi connectivity index (χ1) is 14.9. The third-order valence-corrected chi connectivity index (χ3v) is 6.71. The number of carbonyl (C=O) groups is 2. The highest BCUT2D eigenvalue weighted by Crippen LogP contribution is 2.31. The van der Waals surface area contributed by atoms with E-state index in [4.69, 9.17) is 34.8 Å². The van der Waals surface area contributed by atoms with Crippen LogP contribution >= 0.6 is 46.1 Å². The minimum atomic E-state index is -0.624. The van der Waals surface area contributed by atoms with E-state index in [1.54, 1.807) is 30.3 Å². The fourth-order valence-electron chi connectivity index (χ4n) is 3.24. The second-order valence-electron chi connectivity index (χ2n) is 6.79. The van der Waals surface area contributed by atoms with Crippen LogP contribution in [0.5, 0.6) is 0 Å². The van der Waals surface area contributed by atoms with Gasteiger partial charge in [0, 0.05) is 17.1 Å². The number of amides is 3. The van der Waals surface area contributed by atoms with Gasteiger partial charge in [-0.25, -0.2) is 4.79 Å². The number of hydrogen-bond donors (Lipinski definition) is 2. The van der Waals surface area contributed by atoms with Gasteiger partial charge in [0.2, 0.25) is 11.0 Å². The van der Waals surface area contributed by atoms with Gasteiger partial charge in [0.1, 0.15) is 11.0 Å². The monoisotopic (exact) mass is 495 g/mol. The van der Waals surface area contributed by atoms with Crippen LogP contribution in [0.15, 0.2) is 42.5 Å². The fraction of sp³-hybridized carbons (Fsp3) is 0.200. The molecule has 2 heterocycles. The van der Waals surface area contributed by atoms with Crippen molar-refractivity contribution in [3.8, 4) is 10.6 Å². The Labute approximate surface area is 197 Å². The number of rotatable bonds is 4. The van der Waals surface area contributed by atoms with Crippen LogP contribution in [-0.4, -0.2) is 39.6 Å². The second-order valence-corrected chi connectivity index (χ2v) is 8.99. The summed E-state index contributed by atoms with van der Waals surface area (Å²) in [5, 5.41) is 15.9. The van der Waals surface area contributed by atoms with Crippen molar-refractivity contribution in [3.63, 3.8) is 0 Å². The summed E-state index contributed by atoms with van der Waals surface area (Å²) in [6.07, 6.45) is 1.26. The van der Waals surface area contributed by atoms with Gasteiger partial charge in [0.25, 0.3) is 0 Å². The van der Waals surface area contributed by atoms with E-state index < -0.39 is 12.1 Å². The number of anilines is 2. The Kier molecular flexibility index (Phi) is 6.62. The first kappa shape index (κ1) is 21.8. The maximum Gasteiger partial charge on any atom is 0.322 e. The van der Waals surface area contributed by atoms with Crippen LogP contribution < -0.4 is 10.6 Å². The van der Waals surface area contributed by atoms with E-state index in [2.05, 4.69) is 20.8 Å². The number of likely N-dealkylation sites (tertiary alicyclic amines) is 1. The quantitative estimate of drug-likeness (QED) is 0.478. The Balaban J connectivity index is 1.43. The number of halogens is 3. The van der Waals surface area contributed by atoms with Gasteiger partial charge in [-0.15, -0.1) is 10.2 Å². The molecule has 31 heavy (non-hydrogen) atoms. The molecule has 2 aromatic carbocycles. The highest BCUT2D eigenvalue weighted by molar-refractivity contribution is 7.18. The number of hydrogen-bond acceptors (Lipinski definition) is 5. The molecule has 1 unspecified atom stereocenters. The van der Waals surface area contributed by atoms with Crippen LogP contribution in [0.1, 0.15) is 12.8 Å². The topological polar surface area (TPSA) is 87.2 Å². The molecule has 0 bridgehead atoms. The van der Waals surface area contributed by atoms with Gasteiger partial charge in [-0.3, -0.25) is 10.1 Å². The zero-order valence-electron chi connectivity index (χ0n) is 15.9. The summed E-state index contributed by atoms with van der Waals surface area (Å²) < 4.78 is 0. The van der Waals surface area contributed by atoms with E-state index in [1.807, 2.05) is 12.1 Å². The lowest BCUT2D eigenvalue weighted by Crippen LogP contribution is -2.45. The van der Waals surface area contributed by atoms with Crippen molar-refractivity contribution in [1.82, 2.24) is 15.1 Å². The van der Waals surface area contributed by atoms with Crippen molar-refractivity contribution < 1.29 is 9.59 Å². The standard InChI is InChI=1S/C20H16Cl3N5O2S/c21-12-8-6-11(7-9-12)18-26-27-19(31-18)25-17(29)15-5-2-10-28(15)20(30)24-14-4-1-3-13(22)16(14)23/h1,3-4,6-9,15H,2,5,10H2,(H,24,30)(H,25,27,29). The Morgan fingerprint density at radius 3 is 2.58 bits per heavy atom. The maximum absolute atomic E-state index is 12.8. The summed E-state index contributed by atoms with van der Waals surface area (Å²) in [6.45, 7) is 0.453. The molecule has 160 valence electrons. The molecule has 2 N–H and O–H groups in total. The van der Waals surface area contributed by atoms with Crippen molar-refractivity contribution in [2.24, 2.45) is 0 Å². The Bertz CT molecular complexity index is 1120. The molecule has 1 aliphatic rings. The van der Waals surface area contributed by atoms with Gasteiger partial charge in [-0.2, -0.15) is 0 Å². The minimum absolute atomic E-state index is 0.251. The molecule has 1 aromatic heterocycles. The highest BCUT2D eigenvalue weighted by atomic mass is 35.5. The van der Waals surface area contributed by atoms with Crippen LogP contribution in [-0.2, 0) is 4.79 Å². The maximum atomic E-state index is 12.8. The summed E-state index contributed by atoms with van der Waals surface area (Å²) in [6, 6.07) is 11.1. The van der Waals surface area contributed by atoms with Gasteiger partial charge < -0.3 is 10.2 Å². The predicted octanol–water partition coefficient (Wildman–Crippen LogP) is 5.80. The molecule has 0 aliphatic carbocycles. The molecule has 4 rings (SSSR count). The molecule has 0 radical (unpaired) electrons. The van der Waals surface area contributed by atoms with Gasteiger partial charge in [0.15, 0.2) is 0 Å². The van der Waals surface area contributed by atoms with Crippen molar-refractivity contribution in [2.75, 3.05) is 17.2 Å². The van der Waals surface area contributed by atoms with Gasteiger partial charge in [-0.1, -0.05) is 64.3 Å². The molecule has 0 spiro atoms. The van der Waals surface area contributed by atoms with Crippen molar-refractivity contribution in [2.45, 2.75) is 18.9 Å². The fourth-order valence-corrected chi connectivity index (χ4v) is 4.47. The van der Waals surface area contributed by atoms with Crippen LogP contribution in [0.3, 0.4) is 0 Å². The number of carbonyl (C=O) groups excluding carboxylic acids is 2. The predicted molar refractivity (Wildman–Crippen MR) is 124 cm³/mol. The summed E-state index contributed by atoms with van der Waals surface area (Å²) in [7, 11) is 0. The van der Waals surface area contributed by atoms with Gasteiger partial charge in [0.05, 0.1) is 15.7 Å². The van der Waals surface area contributed by atoms with Crippen LogP contribution in [0.4, 0.5) is 15.6 Å². The lowest BCUT2D eigenvalue weighted by molar-refractivity contribution is -0.119. The average Bonchev–Trinajstić information content (AvgIpc) is 3.42. The van der Waals surface area contributed by atoms with Crippen LogP contribution in [0, 0.1) is 0 Å². The van der Waals surface area contributed by atoms with Gasteiger partial charge >= 0.3 is 6.03 Å². The zero-order valence-corrected chi connectivity index (χ0v) is 19.0. The van der Waals surface area contributed by atoms with Crippen molar-refractivity contribution in [3.05, 3.63) is 57.5 Å². The first-order valence-corrected chi connectivity index (χ1v) is 11.3. The van der Waals surface area contributed by atoms with Crippen LogP contribution in [0.2, 0.25) is 15.1 Å². The molecular formula is C20H16Cl3N5O2S. The third kappa shape index (κ3) is 4.93. The molecule has 1 aliphatic heterocycles. The Morgan fingerprint density at radius 2 is 1.81 bits per heavy atom. The number of urea groups is 1. The lowest BCUT2D eigenvalue weighted by atomic mass is 10.2. The molecule has 1 fully saturated rings. The normalized spacial score (nSPS) is 15.7. The lowest BCUT2D eigenvalue weighted by Gasteiger charge is -2.24. The van der Waals surface area contributed by atoms with Crippen molar-refractivity contribution >= 4 is 68.9 Å². The van der Waals surface area contributed by atoms with Gasteiger partial charge in [-0.05, 0) is 37.1 Å². The van der Waals surface area contributed by atoms with E-state index in [0.29, 0.717) is 45.3 Å². The van der Waals surface area contributed by atoms with E-state index in [1.165, 1.54) is 16.2 Å². The molecular weight excluding hydrogens is 481 g/mol.